The lowest BCUT2D eigenvalue weighted by Gasteiger charge is -2.42. The molecule has 2 aromatic heterocycles. The van der Waals surface area contributed by atoms with E-state index >= 15 is 0 Å². The number of ether oxygens (including phenoxy) is 1. The fourth-order valence-electron chi connectivity index (χ4n) is 4.46. The van der Waals surface area contributed by atoms with Gasteiger partial charge in [-0.15, -0.1) is 11.3 Å². The average molecular weight is 397 g/mol. The molecule has 0 radical (unpaired) electrons. The van der Waals surface area contributed by atoms with Gasteiger partial charge in [-0.2, -0.15) is 4.31 Å². The monoisotopic (exact) mass is 396 g/mol. The summed E-state index contributed by atoms with van der Waals surface area (Å²) in [4.78, 5) is 0.784. The van der Waals surface area contributed by atoms with E-state index < -0.39 is 10.0 Å². The first kappa shape index (κ1) is 18.2. The Morgan fingerprint density at radius 1 is 1.35 bits per heavy atom. The molecule has 2 atom stereocenters. The lowest BCUT2D eigenvalue weighted by Crippen LogP contribution is -2.49. The standard InChI is InChI=1S/C18H24N2O4S2/c1-13-11-14(24-19-13)15-6-7-17(25-15)26(21,22)20-10-4-9-18(12-20)8-3-5-16(18)23-2/h6-7,11,16H,3-5,8-10,12H2,1-2H3/t16-,18-/m1/s1. The highest BCUT2D eigenvalue weighted by Gasteiger charge is 2.48. The molecule has 2 aromatic rings. The molecule has 0 amide bonds. The summed E-state index contributed by atoms with van der Waals surface area (Å²) in [6, 6.07) is 5.29. The quantitative estimate of drug-likeness (QED) is 0.788. The van der Waals surface area contributed by atoms with Gasteiger partial charge in [0.05, 0.1) is 16.7 Å². The molecule has 0 bridgehead atoms. The summed E-state index contributed by atoms with van der Waals surface area (Å²) in [7, 11) is -1.76. The van der Waals surface area contributed by atoms with E-state index in [0.717, 1.165) is 42.7 Å². The van der Waals surface area contributed by atoms with Crippen molar-refractivity contribution < 1.29 is 17.7 Å². The SMILES string of the molecule is CO[C@@H]1CCC[C@]12CCCN(S(=O)(=O)c1ccc(-c3cc(C)no3)s1)C2. The average Bonchev–Trinajstić information content (AvgIpc) is 3.34. The van der Waals surface area contributed by atoms with E-state index in [1.54, 1.807) is 23.5 Å². The molecule has 1 spiro atoms. The molecule has 6 nitrogen and oxygen atoms in total. The number of hydrogen-bond acceptors (Lipinski definition) is 6. The van der Waals surface area contributed by atoms with Crippen molar-refractivity contribution in [3.05, 3.63) is 23.9 Å². The Morgan fingerprint density at radius 2 is 2.15 bits per heavy atom. The van der Waals surface area contributed by atoms with Crippen LogP contribution in [0.3, 0.4) is 0 Å². The summed E-state index contributed by atoms with van der Waals surface area (Å²) >= 11 is 1.24. The maximum absolute atomic E-state index is 13.2. The van der Waals surface area contributed by atoms with E-state index in [2.05, 4.69) is 5.16 Å². The lowest BCUT2D eigenvalue weighted by atomic mass is 9.77. The molecular weight excluding hydrogens is 372 g/mol. The zero-order valence-corrected chi connectivity index (χ0v) is 16.7. The van der Waals surface area contributed by atoms with E-state index in [0.29, 0.717) is 23.1 Å². The van der Waals surface area contributed by atoms with Crippen molar-refractivity contribution >= 4 is 21.4 Å². The van der Waals surface area contributed by atoms with Crippen LogP contribution in [0.15, 0.2) is 26.9 Å². The molecule has 1 saturated heterocycles. The predicted molar refractivity (Wildman–Crippen MR) is 99.6 cm³/mol. The molecule has 1 saturated carbocycles. The zero-order chi connectivity index (χ0) is 18.4. The van der Waals surface area contributed by atoms with Crippen LogP contribution in [0.1, 0.15) is 37.8 Å². The summed E-state index contributed by atoms with van der Waals surface area (Å²) in [5.41, 5.74) is 0.755. The minimum absolute atomic E-state index is 0.0256. The molecule has 26 heavy (non-hydrogen) atoms. The van der Waals surface area contributed by atoms with Gasteiger partial charge in [-0.1, -0.05) is 11.6 Å². The van der Waals surface area contributed by atoms with Gasteiger partial charge in [-0.05, 0) is 44.7 Å². The normalized spacial score (nSPS) is 27.4. The van der Waals surface area contributed by atoms with Crippen LogP contribution in [0.5, 0.6) is 0 Å². The first-order valence-corrected chi connectivity index (χ1v) is 11.3. The van der Waals surface area contributed by atoms with Crippen LogP contribution in [0.25, 0.3) is 10.6 Å². The maximum Gasteiger partial charge on any atom is 0.252 e. The van der Waals surface area contributed by atoms with Gasteiger partial charge in [0.1, 0.15) is 4.21 Å². The maximum atomic E-state index is 13.2. The van der Waals surface area contributed by atoms with Crippen molar-refractivity contribution in [2.45, 2.75) is 49.3 Å². The second-order valence-electron chi connectivity index (χ2n) is 7.37. The third kappa shape index (κ3) is 3.02. The largest absolute Gasteiger partial charge is 0.381 e. The van der Waals surface area contributed by atoms with Crippen molar-refractivity contribution in [2.75, 3.05) is 20.2 Å². The fraction of sp³-hybridized carbons (Fsp3) is 0.611. The van der Waals surface area contributed by atoms with Crippen LogP contribution >= 0.6 is 11.3 Å². The molecule has 0 N–H and O–H groups in total. The number of hydrogen-bond donors (Lipinski definition) is 0. The van der Waals surface area contributed by atoms with Crippen molar-refractivity contribution in [1.82, 2.24) is 9.46 Å². The minimum atomic E-state index is -3.50. The van der Waals surface area contributed by atoms with E-state index in [1.807, 2.05) is 13.0 Å². The highest BCUT2D eigenvalue weighted by atomic mass is 32.2. The molecule has 0 unspecified atom stereocenters. The van der Waals surface area contributed by atoms with Gasteiger partial charge in [0.2, 0.25) is 0 Å². The Morgan fingerprint density at radius 3 is 2.88 bits per heavy atom. The van der Waals surface area contributed by atoms with Crippen LogP contribution in [0.2, 0.25) is 0 Å². The molecule has 2 fully saturated rings. The highest BCUT2D eigenvalue weighted by molar-refractivity contribution is 7.91. The molecular formula is C18H24N2O4S2. The smallest absolute Gasteiger partial charge is 0.252 e. The summed E-state index contributed by atoms with van der Waals surface area (Å²) in [5.74, 6) is 0.610. The van der Waals surface area contributed by atoms with Gasteiger partial charge >= 0.3 is 0 Å². The van der Waals surface area contributed by atoms with Gasteiger partial charge in [-0.3, -0.25) is 0 Å². The van der Waals surface area contributed by atoms with Gasteiger partial charge in [-0.25, -0.2) is 8.42 Å². The van der Waals surface area contributed by atoms with E-state index in [9.17, 15) is 8.42 Å². The van der Waals surface area contributed by atoms with Gasteiger partial charge < -0.3 is 9.26 Å². The van der Waals surface area contributed by atoms with Gasteiger partial charge in [0.25, 0.3) is 10.0 Å². The molecule has 3 heterocycles. The number of aryl methyl sites for hydroxylation is 1. The molecule has 1 aliphatic carbocycles. The Hall–Kier alpha value is -1.22. The highest BCUT2D eigenvalue weighted by Crippen LogP contribution is 2.47. The van der Waals surface area contributed by atoms with E-state index in [1.165, 1.54) is 11.3 Å². The molecule has 142 valence electrons. The number of piperidine rings is 1. The number of sulfonamides is 1. The van der Waals surface area contributed by atoms with Crippen molar-refractivity contribution in [1.29, 1.82) is 0 Å². The number of methoxy groups -OCH3 is 1. The van der Waals surface area contributed by atoms with E-state index in [4.69, 9.17) is 9.26 Å². The first-order chi connectivity index (χ1) is 12.4. The van der Waals surface area contributed by atoms with E-state index in [-0.39, 0.29) is 11.5 Å². The predicted octanol–water partition coefficient (Wildman–Crippen LogP) is 3.68. The number of nitrogens with zero attached hydrogens (tertiary/aromatic N) is 2. The molecule has 1 aliphatic heterocycles. The minimum Gasteiger partial charge on any atom is -0.381 e. The van der Waals surface area contributed by atoms with Crippen LogP contribution in [-0.4, -0.2) is 44.2 Å². The molecule has 4 rings (SSSR count). The Labute approximate surface area is 158 Å². The molecule has 0 aromatic carbocycles. The van der Waals surface area contributed by atoms with Crippen molar-refractivity contribution in [2.24, 2.45) is 5.41 Å². The summed E-state index contributed by atoms with van der Waals surface area (Å²) in [5, 5.41) is 3.88. The molecule has 2 aliphatic rings. The Kier molecular flexibility index (Phi) is 4.71. The van der Waals surface area contributed by atoms with Crippen molar-refractivity contribution in [3.8, 4) is 10.6 Å². The second-order valence-corrected chi connectivity index (χ2v) is 10.6. The number of rotatable bonds is 4. The zero-order valence-electron chi connectivity index (χ0n) is 15.1. The second kappa shape index (κ2) is 6.74. The summed E-state index contributed by atoms with van der Waals surface area (Å²) in [6.07, 6.45) is 5.28. The van der Waals surface area contributed by atoms with Gasteiger partial charge in [0, 0.05) is 31.7 Å². The Balaban J connectivity index is 1.59. The summed E-state index contributed by atoms with van der Waals surface area (Å²) in [6.45, 7) is 2.98. The molecule has 8 heteroatoms. The van der Waals surface area contributed by atoms with Crippen molar-refractivity contribution in [3.63, 3.8) is 0 Å². The topological polar surface area (TPSA) is 72.6 Å². The lowest BCUT2D eigenvalue weighted by molar-refractivity contribution is -0.0184. The fourth-order valence-corrected chi connectivity index (χ4v) is 7.45. The number of aromatic nitrogens is 1. The van der Waals surface area contributed by atoms with Crippen LogP contribution in [0.4, 0.5) is 0 Å². The first-order valence-electron chi connectivity index (χ1n) is 9.01. The van der Waals surface area contributed by atoms with Gasteiger partial charge in [0.15, 0.2) is 5.76 Å². The third-order valence-corrected chi connectivity index (χ3v) is 9.14. The van der Waals surface area contributed by atoms with Crippen LogP contribution < -0.4 is 0 Å². The van der Waals surface area contributed by atoms with Crippen LogP contribution in [0, 0.1) is 12.3 Å². The Bertz CT molecular complexity index is 889. The number of thiophene rings is 1. The third-order valence-electron chi connectivity index (χ3n) is 5.73. The summed E-state index contributed by atoms with van der Waals surface area (Å²) < 4.78 is 39.4. The van der Waals surface area contributed by atoms with Crippen LogP contribution in [-0.2, 0) is 14.8 Å².